The van der Waals surface area contributed by atoms with Crippen molar-refractivity contribution in [2.75, 3.05) is 13.2 Å². The van der Waals surface area contributed by atoms with E-state index in [1.807, 2.05) is 12.1 Å². The molecule has 2 aromatic carbocycles. The van der Waals surface area contributed by atoms with Crippen molar-refractivity contribution >= 4 is 5.91 Å². The second-order valence-electron chi connectivity index (χ2n) is 8.93. The summed E-state index contributed by atoms with van der Waals surface area (Å²) in [4.78, 5) is 12.3. The quantitative estimate of drug-likeness (QED) is 0.615. The number of carbonyl (C=O) groups is 1. The Labute approximate surface area is 189 Å². The number of fused-ring (bicyclic) bond motifs is 1. The number of rotatable bonds is 7. The zero-order valence-corrected chi connectivity index (χ0v) is 18.6. The maximum atomic E-state index is 12.3. The molecule has 1 amide bonds. The zero-order chi connectivity index (χ0) is 22.5. The summed E-state index contributed by atoms with van der Waals surface area (Å²) in [5.41, 5.74) is 3.69. The van der Waals surface area contributed by atoms with Crippen LogP contribution >= 0.6 is 0 Å². The molecule has 1 aliphatic heterocycles. The lowest BCUT2D eigenvalue weighted by Crippen LogP contribution is -2.44. The normalized spacial score (nSPS) is 22.7. The van der Waals surface area contributed by atoms with Gasteiger partial charge >= 0.3 is 0 Å². The van der Waals surface area contributed by atoms with Crippen LogP contribution in [0, 0.1) is 12.8 Å². The minimum atomic E-state index is -0.584. The largest absolute Gasteiger partial charge is 0.490 e. The molecule has 6 heteroatoms. The highest BCUT2D eigenvalue weighted by Crippen LogP contribution is 2.38. The highest BCUT2D eigenvalue weighted by Gasteiger charge is 2.29. The van der Waals surface area contributed by atoms with Crippen molar-refractivity contribution in [2.24, 2.45) is 5.92 Å². The minimum absolute atomic E-state index is 0.0906. The Morgan fingerprint density at radius 3 is 2.56 bits per heavy atom. The second kappa shape index (κ2) is 10.4. The zero-order valence-electron chi connectivity index (χ0n) is 18.6. The predicted octanol–water partition coefficient (Wildman–Crippen LogP) is 3.47. The molecule has 172 valence electrons. The van der Waals surface area contributed by atoms with Crippen molar-refractivity contribution < 1.29 is 24.5 Å². The summed E-state index contributed by atoms with van der Waals surface area (Å²) in [6.07, 6.45) is 5.19. The Morgan fingerprint density at radius 2 is 1.84 bits per heavy atom. The molecule has 1 heterocycles. The number of nitrogens with one attached hydrogen (secondary N) is 1. The first-order valence-electron chi connectivity index (χ1n) is 11.6. The molecule has 0 saturated heterocycles. The number of aliphatic hydroxyl groups excluding tert-OH is 2. The van der Waals surface area contributed by atoms with Gasteiger partial charge in [-0.15, -0.1) is 0 Å². The number of hydrogen-bond acceptors (Lipinski definition) is 5. The number of carbonyl (C=O) groups excluding carboxylic acids is 1. The first-order valence-corrected chi connectivity index (χ1v) is 11.6. The number of benzene rings is 2. The van der Waals surface area contributed by atoms with Gasteiger partial charge in [0.25, 0.3) is 0 Å². The molecule has 6 nitrogen and oxygen atoms in total. The van der Waals surface area contributed by atoms with Crippen LogP contribution in [0.1, 0.15) is 54.9 Å². The van der Waals surface area contributed by atoms with Crippen LogP contribution in [0.25, 0.3) is 0 Å². The van der Waals surface area contributed by atoms with Crippen LogP contribution in [0.3, 0.4) is 0 Å². The Bertz CT molecular complexity index is 918. The van der Waals surface area contributed by atoms with Gasteiger partial charge < -0.3 is 25.0 Å². The van der Waals surface area contributed by atoms with E-state index in [4.69, 9.17) is 19.7 Å². The molecule has 1 fully saturated rings. The molecular weight excluding hydrogens is 406 g/mol. The average Bonchev–Trinajstić information content (AvgIpc) is 2.83. The van der Waals surface area contributed by atoms with Gasteiger partial charge in [0, 0.05) is 5.92 Å². The fourth-order valence-corrected chi connectivity index (χ4v) is 4.71. The first-order chi connectivity index (χ1) is 15.6. The third-order valence-corrected chi connectivity index (χ3v) is 6.65. The topological polar surface area (TPSA) is 88.0 Å². The van der Waals surface area contributed by atoms with E-state index in [2.05, 4.69) is 42.6 Å². The van der Waals surface area contributed by atoms with Crippen molar-refractivity contribution in [1.29, 1.82) is 0 Å². The van der Waals surface area contributed by atoms with E-state index in [1.54, 1.807) is 0 Å². The molecule has 32 heavy (non-hydrogen) atoms. The van der Waals surface area contributed by atoms with Crippen LogP contribution in [0.15, 0.2) is 42.5 Å². The van der Waals surface area contributed by atoms with Crippen molar-refractivity contribution in [3.8, 4) is 11.5 Å². The number of amides is 1. The van der Waals surface area contributed by atoms with Crippen LogP contribution in [0.5, 0.6) is 11.5 Å². The Hall–Kier alpha value is -2.57. The molecule has 0 radical (unpaired) electrons. The van der Waals surface area contributed by atoms with Gasteiger partial charge in [-0.3, -0.25) is 4.79 Å². The van der Waals surface area contributed by atoms with Crippen LogP contribution in [0.4, 0.5) is 0 Å². The Kier molecular flexibility index (Phi) is 7.33. The molecule has 4 rings (SSSR count). The average molecular weight is 440 g/mol. The minimum Gasteiger partial charge on any atom is -0.490 e. The van der Waals surface area contributed by atoms with Gasteiger partial charge in [-0.1, -0.05) is 24.3 Å². The van der Waals surface area contributed by atoms with Crippen LogP contribution in [-0.4, -0.2) is 41.5 Å². The van der Waals surface area contributed by atoms with E-state index >= 15 is 0 Å². The van der Waals surface area contributed by atoms with Gasteiger partial charge in [0.1, 0.15) is 17.6 Å². The van der Waals surface area contributed by atoms with Crippen LogP contribution < -0.4 is 14.8 Å². The standard InChI is InChI=1S/C26H33NO5/c1-17-4-2-3-5-23(17)25-12-8-19-14-22(11-13-24(19)32-25)31-21-9-6-18(7-10-21)26(30)27-20(15-28)16-29/h2-5,11,13-14,18,20-21,25,28-29H,6-10,12,15-16H2,1H3,(H,27,30). The van der Waals surface area contributed by atoms with Crippen molar-refractivity contribution in [2.45, 2.75) is 63.7 Å². The molecular formula is C26H33NO5. The van der Waals surface area contributed by atoms with Gasteiger partial charge in [0.05, 0.1) is 25.4 Å². The SMILES string of the molecule is Cc1ccccc1C1CCc2cc(OC3CCC(C(=O)NC(CO)CO)CC3)ccc2O1. The summed E-state index contributed by atoms with van der Waals surface area (Å²) in [6.45, 7) is 1.62. The highest BCUT2D eigenvalue weighted by molar-refractivity contribution is 5.79. The molecule has 1 atom stereocenters. The third kappa shape index (κ3) is 5.25. The molecule has 1 unspecified atom stereocenters. The van der Waals surface area contributed by atoms with Gasteiger partial charge in [0.15, 0.2) is 0 Å². The lowest BCUT2D eigenvalue weighted by Gasteiger charge is -2.30. The van der Waals surface area contributed by atoms with E-state index < -0.39 is 6.04 Å². The number of hydrogen-bond donors (Lipinski definition) is 3. The molecule has 0 aromatic heterocycles. The molecule has 0 bridgehead atoms. The summed E-state index contributed by atoms with van der Waals surface area (Å²) in [7, 11) is 0. The molecule has 1 aliphatic carbocycles. The Morgan fingerprint density at radius 1 is 1.09 bits per heavy atom. The van der Waals surface area contributed by atoms with E-state index in [-0.39, 0.29) is 37.2 Å². The molecule has 3 N–H and O–H groups in total. The number of ether oxygens (including phenoxy) is 2. The van der Waals surface area contributed by atoms with E-state index in [1.165, 1.54) is 16.7 Å². The van der Waals surface area contributed by atoms with Crippen LogP contribution in [0.2, 0.25) is 0 Å². The van der Waals surface area contributed by atoms with Crippen molar-refractivity contribution in [1.82, 2.24) is 5.32 Å². The van der Waals surface area contributed by atoms with Gasteiger partial charge in [-0.05, 0) is 80.3 Å². The molecule has 2 aromatic rings. The highest BCUT2D eigenvalue weighted by atomic mass is 16.5. The van der Waals surface area contributed by atoms with Crippen molar-refractivity contribution in [3.63, 3.8) is 0 Å². The fourth-order valence-electron chi connectivity index (χ4n) is 4.71. The summed E-state index contributed by atoms with van der Waals surface area (Å²) in [5.74, 6) is 1.60. The summed E-state index contributed by atoms with van der Waals surface area (Å²) < 4.78 is 12.5. The predicted molar refractivity (Wildman–Crippen MR) is 122 cm³/mol. The summed E-state index contributed by atoms with van der Waals surface area (Å²) in [5, 5.41) is 21.0. The second-order valence-corrected chi connectivity index (χ2v) is 8.93. The van der Waals surface area contributed by atoms with Crippen LogP contribution in [-0.2, 0) is 11.2 Å². The van der Waals surface area contributed by atoms with E-state index in [0.29, 0.717) is 0 Å². The first kappa shape index (κ1) is 22.6. The lowest BCUT2D eigenvalue weighted by molar-refractivity contribution is -0.127. The maximum absolute atomic E-state index is 12.3. The maximum Gasteiger partial charge on any atom is 0.223 e. The fraction of sp³-hybridized carbons (Fsp3) is 0.500. The van der Waals surface area contributed by atoms with Gasteiger partial charge in [-0.2, -0.15) is 0 Å². The Balaban J connectivity index is 1.31. The summed E-state index contributed by atoms with van der Waals surface area (Å²) >= 11 is 0. The van der Waals surface area contributed by atoms with Crippen molar-refractivity contribution in [3.05, 3.63) is 59.2 Å². The number of aliphatic hydroxyl groups is 2. The molecule has 1 saturated carbocycles. The monoisotopic (exact) mass is 439 g/mol. The lowest BCUT2D eigenvalue weighted by atomic mass is 9.86. The van der Waals surface area contributed by atoms with Gasteiger partial charge in [0.2, 0.25) is 5.91 Å². The molecule has 2 aliphatic rings. The van der Waals surface area contributed by atoms with E-state index in [9.17, 15) is 4.79 Å². The third-order valence-electron chi connectivity index (χ3n) is 6.65. The summed E-state index contributed by atoms with van der Waals surface area (Å²) in [6, 6.07) is 13.9. The van der Waals surface area contributed by atoms with Gasteiger partial charge in [-0.25, -0.2) is 0 Å². The smallest absolute Gasteiger partial charge is 0.223 e. The molecule has 0 spiro atoms. The number of aryl methyl sites for hydroxylation is 2. The van der Waals surface area contributed by atoms with E-state index in [0.717, 1.165) is 50.0 Å².